The van der Waals surface area contributed by atoms with E-state index in [1.54, 1.807) is 0 Å². The van der Waals surface area contributed by atoms with Gasteiger partial charge < -0.3 is 10.6 Å². The summed E-state index contributed by atoms with van der Waals surface area (Å²) >= 11 is 0. The van der Waals surface area contributed by atoms with Crippen molar-refractivity contribution in [1.82, 2.24) is 10.6 Å². The van der Waals surface area contributed by atoms with Crippen molar-refractivity contribution in [3.63, 3.8) is 0 Å². The quantitative estimate of drug-likeness (QED) is 0.752. The second-order valence-corrected chi connectivity index (χ2v) is 5.54. The first kappa shape index (κ1) is 13.5. The van der Waals surface area contributed by atoms with E-state index in [4.69, 9.17) is 0 Å². The van der Waals surface area contributed by atoms with Crippen LogP contribution < -0.4 is 10.6 Å². The van der Waals surface area contributed by atoms with Crippen LogP contribution in [-0.2, 0) is 4.79 Å². The molecule has 94 valence electrons. The maximum Gasteiger partial charge on any atom is 0.233 e. The number of amides is 1. The molecule has 0 aliphatic heterocycles. The predicted octanol–water partition coefficient (Wildman–Crippen LogP) is 1.93. The van der Waals surface area contributed by atoms with Crippen LogP contribution in [0.1, 0.15) is 46.5 Å². The van der Waals surface area contributed by atoms with Gasteiger partial charge in [0.1, 0.15) is 0 Å². The standard InChI is InChI=1S/C13H26N2O/c1-10(2)8-15-13(16)9-14-12-6-4-11(3)5-7-12/h10-12,14H,4-9H2,1-3H3,(H,15,16). The van der Waals surface area contributed by atoms with Crippen LogP contribution in [0.25, 0.3) is 0 Å². The molecule has 1 fully saturated rings. The average molecular weight is 226 g/mol. The first-order valence-electron chi connectivity index (χ1n) is 6.58. The summed E-state index contributed by atoms with van der Waals surface area (Å²) in [5, 5.41) is 6.28. The second-order valence-electron chi connectivity index (χ2n) is 5.54. The van der Waals surface area contributed by atoms with E-state index in [1.807, 2.05) is 0 Å². The molecule has 1 aliphatic carbocycles. The fourth-order valence-electron chi connectivity index (χ4n) is 2.08. The normalized spacial score (nSPS) is 25.8. The maximum absolute atomic E-state index is 11.5. The molecule has 16 heavy (non-hydrogen) atoms. The summed E-state index contributed by atoms with van der Waals surface area (Å²) in [5.74, 6) is 1.53. The molecule has 1 rings (SSSR count). The molecule has 0 saturated heterocycles. The van der Waals surface area contributed by atoms with E-state index in [2.05, 4.69) is 31.4 Å². The second kappa shape index (κ2) is 6.89. The van der Waals surface area contributed by atoms with Crippen LogP contribution in [0.5, 0.6) is 0 Å². The lowest BCUT2D eigenvalue weighted by Crippen LogP contribution is -2.41. The number of nitrogens with one attached hydrogen (secondary N) is 2. The van der Waals surface area contributed by atoms with Crippen molar-refractivity contribution in [3.8, 4) is 0 Å². The molecule has 0 radical (unpaired) electrons. The Morgan fingerprint density at radius 2 is 1.88 bits per heavy atom. The maximum atomic E-state index is 11.5. The lowest BCUT2D eigenvalue weighted by molar-refractivity contribution is -0.120. The molecule has 0 aromatic carbocycles. The zero-order valence-electron chi connectivity index (χ0n) is 10.9. The Hall–Kier alpha value is -0.570. The smallest absolute Gasteiger partial charge is 0.233 e. The number of hydrogen-bond donors (Lipinski definition) is 2. The summed E-state index contributed by atoms with van der Waals surface area (Å²) in [6.07, 6.45) is 5.04. The topological polar surface area (TPSA) is 41.1 Å². The Morgan fingerprint density at radius 1 is 1.25 bits per heavy atom. The highest BCUT2D eigenvalue weighted by atomic mass is 16.1. The van der Waals surface area contributed by atoms with Crippen molar-refractivity contribution in [2.75, 3.05) is 13.1 Å². The summed E-state index contributed by atoms with van der Waals surface area (Å²) in [4.78, 5) is 11.5. The van der Waals surface area contributed by atoms with E-state index < -0.39 is 0 Å². The number of rotatable bonds is 5. The van der Waals surface area contributed by atoms with Crippen LogP contribution in [0.15, 0.2) is 0 Å². The van der Waals surface area contributed by atoms with Gasteiger partial charge >= 0.3 is 0 Å². The molecule has 0 heterocycles. The Balaban J connectivity index is 2.07. The number of hydrogen-bond acceptors (Lipinski definition) is 2. The Bertz CT molecular complexity index is 208. The van der Waals surface area contributed by atoms with Crippen LogP contribution in [0.2, 0.25) is 0 Å². The van der Waals surface area contributed by atoms with Gasteiger partial charge in [-0.2, -0.15) is 0 Å². The molecule has 0 bridgehead atoms. The van der Waals surface area contributed by atoms with Crippen molar-refractivity contribution in [1.29, 1.82) is 0 Å². The third-order valence-corrected chi connectivity index (χ3v) is 3.27. The Labute approximate surface area is 99.4 Å². The molecule has 0 unspecified atom stereocenters. The van der Waals surface area contributed by atoms with Crippen molar-refractivity contribution in [3.05, 3.63) is 0 Å². The van der Waals surface area contributed by atoms with Crippen LogP contribution >= 0.6 is 0 Å². The first-order valence-corrected chi connectivity index (χ1v) is 6.58. The van der Waals surface area contributed by atoms with Gasteiger partial charge in [-0.3, -0.25) is 4.79 Å². The third-order valence-electron chi connectivity index (χ3n) is 3.27. The van der Waals surface area contributed by atoms with Crippen LogP contribution in [0.3, 0.4) is 0 Å². The molecular weight excluding hydrogens is 200 g/mol. The van der Waals surface area contributed by atoms with Crippen molar-refractivity contribution in [2.24, 2.45) is 11.8 Å². The van der Waals surface area contributed by atoms with E-state index in [0.29, 0.717) is 18.5 Å². The van der Waals surface area contributed by atoms with Gasteiger partial charge in [-0.25, -0.2) is 0 Å². The van der Waals surface area contributed by atoms with Crippen molar-refractivity contribution >= 4 is 5.91 Å². The molecule has 0 aromatic heterocycles. The summed E-state index contributed by atoms with van der Waals surface area (Å²) in [6.45, 7) is 7.78. The van der Waals surface area contributed by atoms with E-state index in [9.17, 15) is 4.79 Å². The summed E-state index contributed by atoms with van der Waals surface area (Å²) in [7, 11) is 0. The highest BCUT2D eigenvalue weighted by Gasteiger charge is 2.18. The van der Waals surface area contributed by atoms with Crippen molar-refractivity contribution in [2.45, 2.75) is 52.5 Å². The highest BCUT2D eigenvalue weighted by molar-refractivity contribution is 5.77. The lowest BCUT2D eigenvalue weighted by atomic mass is 9.87. The van der Waals surface area contributed by atoms with Crippen LogP contribution in [-0.4, -0.2) is 25.0 Å². The minimum absolute atomic E-state index is 0.132. The van der Waals surface area contributed by atoms with Gasteiger partial charge in [-0.1, -0.05) is 20.8 Å². The van der Waals surface area contributed by atoms with E-state index in [1.165, 1.54) is 25.7 Å². The van der Waals surface area contributed by atoms with Crippen LogP contribution in [0, 0.1) is 11.8 Å². The molecular formula is C13H26N2O. The highest BCUT2D eigenvalue weighted by Crippen LogP contribution is 2.23. The van der Waals surface area contributed by atoms with Gasteiger partial charge in [0, 0.05) is 12.6 Å². The number of carbonyl (C=O) groups excluding carboxylic acids is 1. The van der Waals surface area contributed by atoms with Gasteiger partial charge in [0.15, 0.2) is 0 Å². The lowest BCUT2D eigenvalue weighted by Gasteiger charge is -2.26. The van der Waals surface area contributed by atoms with Gasteiger partial charge in [-0.05, 0) is 37.5 Å². The molecule has 1 amide bonds. The van der Waals surface area contributed by atoms with E-state index >= 15 is 0 Å². The zero-order valence-corrected chi connectivity index (χ0v) is 10.9. The molecule has 3 heteroatoms. The average Bonchev–Trinajstić information content (AvgIpc) is 2.25. The summed E-state index contributed by atoms with van der Waals surface area (Å²) < 4.78 is 0. The molecule has 0 aromatic rings. The monoisotopic (exact) mass is 226 g/mol. The predicted molar refractivity (Wildman–Crippen MR) is 67.3 cm³/mol. The minimum Gasteiger partial charge on any atom is -0.355 e. The summed E-state index contributed by atoms with van der Waals surface area (Å²) in [5.41, 5.74) is 0. The van der Waals surface area contributed by atoms with E-state index in [-0.39, 0.29) is 5.91 Å². The van der Waals surface area contributed by atoms with Gasteiger partial charge in [0.25, 0.3) is 0 Å². The van der Waals surface area contributed by atoms with Gasteiger partial charge in [0.2, 0.25) is 5.91 Å². The molecule has 3 nitrogen and oxygen atoms in total. The molecule has 1 saturated carbocycles. The van der Waals surface area contributed by atoms with Gasteiger partial charge in [0.05, 0.1) is 6.54 Å². The Kier molecular flexibility index (Phi) is 5.81. The largest absolute Gasteiger partial charge is 0.355 e. The van der Waals surface area contributed by atoms with Crippen molar-refractivity contribution < 1.29 is 4.79 Å². The molecule has 2 N–H and O–H groups in total. The fraction of sp³-hybridized carbons (Fsp3) is 0.923. The Morgan fingerprint density at radius 3 is 2.44 bits per heavy atom. The van der Waals surface area contributed by atoms with Gasteiger partial charge in [-0.15, -0.1) is 0 Å². The third kappa shape index (κ3) is 5.50. The van der Waals surface area contributed by atoms with E-state index in [0.717, 1.165) is 12.5 Å². The minimum atomic E-state index is 0.132. The summed E-state index contributed by atoms with van der Waals surface area (Å²) in [6, 6.07) is 0.556. The zero-order chi connectivity index (χ0) is 12.0. The number of carbonyl (C=O) groups is 1. The molecule has 1 aliphatic rings. The molecule has 0 atom stereocenters. The molecule has 0 spiro atoms. The SMILES string of the molecule is CC(C)CNC(=O)CNC1CCC(C)CC1. The fourth-order valence-corrected chi connectivity index (χ4v) is 2.08. The first-order chi connectivity index (χ1) is 7.58. The van der Waals surface area contributed by atoms with Crippen LogP contribution in [0.4, 0.5) is 0 Å².